The van der Waals surface area contributed by atoms with Gasteiger partial charge in [-0.1, -0.05) is 24.3 Å². The van der Waals surface area contributed by atoms with E-state index in [0.717, 1.165) is 5.56 Å². The Bertz CT molecular complexity index is 751. The Morgan fingerprint density at radius 3 is 2.50 bits per heavy atom. The molecule has 0 aliphatic carbocycles. The molecule has 0 bridgehead atoms. The number of nitrogens with zero attached hydrogens (tertiary/aromatic N) is 1. The van der Waals surface area contributed by atoms with E-state index in [9.17, 15) is 14.1 Å². The van der Waals surface area contributed by atoms with Crippen molar-refractivity contribution in [2.24, 2.45) is 0 Å². The van der Waals surface area contributed by atoms with Gasteiger partial charge in [0.05, 0.1) is 29.6 Å². The molecule has 2 rings (SSSR count). The van der Waals surface area contributed by atoms with Crippen molar-refractivity contribution in [3.8, 4) is 0 Å². The van der Waals surface area contributed by atoms with Gasteiger partial charge in [0, 0.05) is 16.2 Å². The Morgan fingerprint density at radius 1 is 1.39 bits per heavy atom. The monoisotopic (exact) mass is 409 g/mol. The van der Waals surface area contributed by atoms with Gasteiger partial charge in [0.25, 0.3) is 0 Å². The number of amides is 1. The van der Waals surface area contributed by atoms with Crippen molar-refractivity contribution < 1.29 is 23.6 Å². The molecule has 6 nitrogen and oxygen atoms in total. The van der Waals surface area contributed by atoms with Crippen LogP contribution in [0.25, 0.3) is 0 Å². The molecule has 1 saturated heterocycles. The van der Waals surface area contributed by atoms with Gasteiger partial charge in [-0.3, -0.25) is 4.90 Å². The Balaban J connectivity index is 2.11. The summed E-state index contributed by atoms with van der Waals surface area (Å²) in [7, 11) is -1.44. The highest BCUT2D eigenvalue weighted by atomic mass is 32.2. The van der Waals surface area contributed by atoms with Crippen LogP contribution < -0.4 is 0 Å². The van der Waals surface area contributed by atoms with Gasteiger partial charge in [-0.25, -0.2) is 9.00 Å². The van der Waals surface area contributed by atoms with Crippen molar-refractivity contribution >= 4 is 16.9 Å². The molecule has 1 fully saturated rings. The molecule has 1 aliphatic rings. The summed E-state index contributed by atoms with van der Waals surface area (Å²) in [5, 5.41) is 10.8. The molecule has 0 radical (unpaired) electrons. The summed E-state index contributed by atoms with van der Waals surface area (Å²) >= 11 is 0. The Hall–Kier alpha value is -1.70. The minimum Gasteiger partial charge on any atom is -0.444 e. The highest BCUT2D eigenvalue weighted by molar-refractivity contribution is 7.89. The second-order valence-electron chi connectivity index (χ2n) is 8.57. The van der Waals surface area contributed by atoms with E-state index in [1.807, 2.05) is 19.1 Å². The normalized spacial score (nSPS) is 21.2. The highest BCUT2D eigenvalue weighted by Crippen LogP contribution is 2.32. The SMILES string of the molecule is C=C(C[C@@H](O)[C@H]1COC(C)(C)N1C(=O)OC(C)(C)C)S(=O)c1ccc(C)cc1. The molecule has 1 unspecified atom stereocenters. The first-order chi connectivity index (χ1) is 12.8. The Kier molecular flexibility index (Phi) is 6.74. The lowest BCUT2D eigenvalue weighted by molar-refractivity contribution is -0.0676. The van der Waals surface area contributed by atoms with Gasteiger partial charge in [0.2, 0.25) is 0 Å². The van der Waals surface area contributed by atoms with Gasteiger partial charge in [0.15, 0.2) is 0 Å². The third kappa shape index (κ3) is 5.43. The van der Waals surface area contributed by atoms with Crippen LogP contribution in [0.2, 0.25) is 0 Å². The quantitative estimate of drug-likeness (QED) is 0.802. The number of aliphatic hydroxyl groups is 1. The minimum absolute atomic E-state index is 0.0872. The fourth-order valence-corrected chi connectivity index (χ4v) is 4.09. The number of ether oxygens (including phenoxy) is 2. The van der Waals surface area contributed by atoms with Crippen LogP contribution in [-0.2, 0) is 20.3 Å². The topological polar surface area (TPSA) is 76.1 Å². The summed E-state index contributed by atoms with van der Waals surface area (Å²) in [5.74, 6) is 0. The molecule has 0 saturated carbocycles. The molecule has 7 heteroatoms. The van der Waals surface area contributed by atoms with Gasteiger partial charge in [-0.05, 0) is 53.7 Å². The van der Waals surface area contributed by atoms with E-state index in [2.05, 4.69) is 6.58 Å². The zero-order valence-electron chi connectivity index (χ0n) is 17.5. The van der Waals surface area contributed by atoms with Gasteiger partial charge in [-0.15, -0.1) is 0 Å². The van der Waals surface area contributed by atoms with Crippen LogP contribution in [0.3, 0.4) is 0 Å². The van der Waals surface area contributed by atoms with Crippen LogP contribution in [0, 0.1) is 6.92 Å². The maximum atomic E-state index is 12.7. The first-order valence-corrected chi connectivity index (χ1v) is 10.5. The summed E-state index contributed by atoms with van der Waals surface area (Å²) in [6, 6.07) is 6.73. The van der Waals surface area contributed by atoms with Crippen molar-refractivity contribution in [3.63, 3.8) is 0 Å². The summed E-state index contributed by atoms with van der Waals surface area (Å²) < 4.78 is 23.9. The van der Waals surface area contributed by atoms with E-state index in [1.54, 1.807) is 46.8 Å². The van der Waals surface area contributed by atoms with E-state index in [4.69, 9.17) is 9.47 Å². The Morgan fingerprint density at radius 2 is 1.96 bits per heavy atom. The standard InChI is InChI=1S/C21H31NO5S/c1-14-8-10-16(11-9-14)28(25)15(2)12-18(23)17-13-26-21(6,7)22(17)19(24)27-20(3,4)5/h8-11,17-18,23H,2,12-13H2,1,3-7H3/t17-,18-,28?/m1/s1. The number of benzene rings is 1. The summed E-state index contributed by atoms with van der Waals surface area (Å²) in [6.07, 6.45) is -1.44. The van der Waals surface area contributed by atoms with E-state index >= 15 is 0 Å². The number of carbonyl (C=O) groups is 1. The number of aliphatic hydroxyl groups excluding tert-OH is 1. The lowest BCUT2D eigenvalue weighted by Crippen LogP contribution is -2.53. The molecule has 1 aliphatic heterocycles. The Labute approximate surface area is 170 Å². The zero-order chi connectivity index (χ0) is 21.3. The molecule has 28 heavy (non-hydrogen) atoms. The first kappa shape index (κ1) is 22.6. The molecule has 3 atom stereocenters. The molecule has 156 valence electrons. The van der Waals surface area contributed by atoms with Crippen LogP contribution in [0.4, 0.5) is 4.79 Å². The molecule has 1 N–H and O–H groups in total. The molecule has 0 spiro atoms. The molecule has 1 aromatic rings. The van der Waals surface area contributed by atoms with E-state index in [1.165, 1.54) is 4.90 Å². The van der Waals surface area contributed by atoms with Crippen LogP contribution in [-0.4, -0.2) is 50.4 Å². The minimum atomic E-state index is -1.44. The van der Waals surface area contributed by atoms with Gasteiger partial charge in [-0.2, -0.15) is 0 Å². The van der Waals surface area contributed by atoms with Gasteiger partial charge >= 0.3 is 6.09 Å². The number of hydrogen-bond donors (Lipinski definition) is 1. The maximum Gasteiger partial charge on any atom is 0.412 e. The van der Waals surface area contributed by atoms with E-state index in [-0.39, 0.29) is 13.0 Å². The van der Waals surface area contributed by atoms with Crippen molar-refractivity contribution in [2.75, 3.05) is 6.61 Å². The predicted octanol–water partition coefficient (Wildman–Crippen LogP) is 3.74. The number of aryl methyl sites for hydroxylation is 1. The van der Waals surface area contributed by atoms with Crippen LogP contribution >= 0.6 is 0 Å². The second-order valence-corrected chi connectivity index (χ2v) is 10.2. The lowest BCUT2D eigenvalue weighted by Gasteiger charge is -2.36. The summed E-state index contributed by atoms with van der Waals surface area (Å²) in [6.45, 7) is 14.9. The fourth-order valence-electron chi connectivity index (χ4n) is 3.06. The van der Waals surface area contributed by atoms with E-state index < -0.39 is 40.4 Å². The molecule has 1 aromatic carbocycles. The lowest BCUT2D eigenvalue weighted by atomic mass is 10.1. The molecule has 1 heterocycles. The maximum absolute atomic E-state index is 12.7. The fraction of sp³-hybridized carbons (Fsp3) is 0.571. The average molecular weight is 410 g/mol. The van der Waals surface area contributed by atoms with Gasteiger partial charge < -0.3 is 14.6 Å². The first-order valence-electron chi connectivity index (χ1n) is 9.32. The van der Waals surface area contributed by atoms with Crippen molar-refractivity contribution in [2.45, 2.75) is 76.3 Å². The number of carbonyl (C=O) groups excluding carboxylic acids is 1. The highest BCUT2D eigenvalue weighted by Gasteiger charge is 2.48. The molecular weight excluding hydrogens is 378 g/mol. The molecule has 0 aromatic heterocycles. The predicted molar refractivity (Wildman–Crippen MR) is 109 cm³/mol. The average Bonchev–Trinajstić information content (AvgIpc) is 2.88. The third-order valence-electron chi connectivity index (χ3n) is 4.49. The van der Waals surface area contributed by atoms with Crippen LogP contribution in [0.5, 0.6) is 0 Å². The third-order valence-corrected chi connectivity index (χ3v) is 5.88. The van der Waals surface area contributed by atoms with Crippen LogP contribution in [0.15, 0.2) is 40.6 Å². The molecule has 1 amide bonds. The molecular formula is C21H31NO5S. The van der Waals surface area contributed by atoms with Crippen molar-refractivity contribution in [1.82, 2.24) is 4.90 Å². The van der Waals surface area contributed by atoms with E-state index in [0.29, 0.717) is 9.80 Å². The summed E-state index contributed by atoms with van der Waals surface area (Å²) in [5.41, 5.74) is -0.502. The van der Waals surface area contributed by atoms with Crippen LogP contribution in [0.1, 0.15) is 46.6 Å². The zero-order valence-corrected chi connectivity index (χ0v) is 18.3. The summed E-state index contributed by atoms with van der Waals surface area (Å²) in [4.78, 5) is 15.1. The number of rotatable bonds is 5. The van der Waals surface area contributed by atoms with Crippen molar-refractivity contribution in [1.29, 1.82) is 0 Å². The second kappa shape index (κ2) is 8.35. The largest absolute Gasteiger partial charge is 0.444 e. The number of hydrogen-bond acceptors (Lipinski definition) is 5. The van der Waals surface area contributed by atoms with Gasteiger partial charge in [0.1, 0.15) is 11.3 Å². The van der Waals surface area contributed by atoms with Crippen molar-refractivity contribution in [3.05, 3.63) is 41.3 Å². The smallest absolute Gasteiger partial charge is 0.412 e.